The maximum atomic E-state index is 13.3. The van der Waals surface area contributed by atoms with Gasteiger partial charge in [-0.1, -0.05) is 17.7 Å². The van der Waals surface area contributed by atoms with Gasteiger partial charge >= 0.3 is 0 Å². The number of Topliss-reactive ketones (excluding diaryl/α,β-unsaturated/α-hetero) is 1. The van der Waals surface area contributed by atoms with Crippen LogP contribution in [0.15, 0.2) is 58.5 Å². The highest BCUT2D eigenvalue weighted by atomic mass is 16.6. The van der Waals surface area contributed by atoms with Crippen molar-refractivity contribution in [1.82, 2.24) is 0 Å². The first-order valence-corrected chi connectivity index (χ1v) is 10.7. The van der Waals surface area contributed by atoms with Gasteiger partial charge in [-0.2, -0.15) is 0 Å². The third kappa shape index (κ3) is 3.46. The zero-order valence-corrected chi connectivity index (χ0v) is 18.5. The van der Waals surface area contributed by atoms with Crippen molar-refractivity contribution in [3.05, 3.63) is 82.3 Å². The Morgan fingerprint density at radius 1 is 0.939 bits per heavy atom. The number of nitrogens with zero attached hydrogens (tertiary/aromatic N) is 1. The van der Waals surface area contributed by atoms with Gasteiger partial charge in [-0.05, 0) is 62.7 Å². The highest BCUT2D eigenvalue weighted by Crippen LogP contribution is 2.44. The van der Waals surface area contributed by atoms with Crippen LogP contribution in [0.1, 0.15) is 34.3 Å². The molecule has 0 radical (unpaired) electrons. The van der Waals surface area contributed by atoms with E-state index in [1.54, 1.807) is 37.3 Å². The van der Waals surface area contributed by atoms with Gasteiger partial charge in [0, 0.05) is 11.3 Å². The normalized spacial score (nSPS) is 19.2. The van der Waals surface area contributed by atoms with Crippen molar-refractivity contribution >= 4 is 23.1 Å². The molecule has 3 heterocycles. The van der Waals surface area contributed by atoms with Gasteiger partial charge in [0.2, 0.25) is 0 Å². The number of ketones is 1. The summed E-state index contributed by atoms with van der Waals surface area (Å²) in [6, 6.07) is 13.1. The Kier molecular flexibility index (Phi) is 4.96. The zero-order valence-electron chi connectivity index (χ0n) is 18.5. The highest BCUT2D eigenvalue weighted by Gasteiger charge is 2.48. The quantitative estimate of drug-likeness (QED) is 0.360. The highest BCUT2D eigenvalue weighted by molar-refractivity contribution is 6.51. The first-order valence-electron chi connectivity index (χ1n) is 10.7. The molecule has 1 unspecified atom stereocenters. The molecule has 1 amide bonds. The van der Waals surface area contributed by atoms with Gasteiger partial charge in [0.05, 0.1) is 5.57 Å². The molecule has 5 rings (SSSR count). The van der Waals surface area contributed by atoms with Crippen LogP contribution >= 0.6 is 0 Å². The number of furan rings is 1. The van der Waals surface area contributed by atoms with Crippen LogP contribution in [-0.4, -0.2) is 30.0 Å². The van der Waals surface area contributed by atoms with Gasteiger partial charge in [-0.3, -0.25) is 14.5 Å². The van der Waals surface area contributed by atoms with Crippen molar-refractivity contribution in [3.63, 3.8) is 0 Å². The summed E-state index contributed by atoms with van der Waals surface area (Å²) in [4.78, 5) is 27.9. The van der Waals surface area contributed by atoms with E-state index in [-0.39, 0.29) is 11.3 Å². The second kappa shape index (κ2) is 7.85. The lowest BCUT2D eigenvalue weighted by Crippen LogP contribution is -2.30. The van der Waals surface area contributed by atoms with E-state index in [4.69, 9.17) is 13.9 Å². The third-order valence-corrected chi connectivity index (χ3v) is 5.90. The number of carbonyl (C=O) groups is 2. The molecule has 33 heavy (non-hydrogen) atoms. The molecule has 1 aromatic heterocycles. The number of anilines is 1. The van der Waals surface area contributed by atoms with Crippen LogP contribution in [0.25, 0.3) is 5.76 Å². The smallest absolute Gasteiger partial charge is 0.300 e. The molecule has 2 aromatic carbocycles. The maximum Gasteiger partial charge on any atom is 0.300 e. The monoisotopic (exact) mass is 445 g/mol. The maximum absolute atomic E-state index is 13.3. The minimum atomic E-state index is -0.909. The van der Waals surface area contributed by atoms with Crippen molar-refractivity contribution in [2.24, 2.45) is 0 Å². The second-order valence-corrected chi connectivity index (χ2v) is 8.27. The lowest BCUT2D eigenvalue weighted by molar-refractivity contribution is -0.132. The van der Waals surface area contributed by atoms with E-state index in [1.807, 2.05) is 32.0 Å². The Hall–Kier alpha value is -4.00. The fourth-order valence-corrected chi connectivity index (χ4v) is 4.37. The van der Waals surface area contributed by atoms with Crippen LogP contribution in [0.5, 0.6) is 11.5 Å². The van der Waals surface area contributed by atoms with Crippen molar-refractivity contribution in [2.45, 2.75) is 26.8 Å². The molecule has 1 atom stereocenters. The molecule has 0 saturated carbocycles. The average Bonchev–Trinajstić information content (AvgIpc) is 3.34. The lowest BCUT2D eigenvalue weighted by Gasteiger charge is -2.25. The molecule has 7 nitrogen and oxygen atoms in total. The number of aliphatic hydroxyl groups is 1. The SMILES string of the molecule is Cc1ccc(N2C(=O)C(=O)/C(=C(\O)c3ccc4c(c3)OCCO4)C2c2ccc(C)o2)c(C)c1. The van der Waals surface area contributed by atoms with E-state index in [0.29, 0.717) is 47.5 Å². The molecular formula is C26H23NO6. The number of amides is 1. The number of hydrogen-bond donors (Lipinski definition) is 1. The first-order chi connectivity index (χ1) is 15.8. The third-order valence-electron chi connectivity index (χ3n) is 5.90. The van der Waals surface area contributed by atoms with E-state index >= 15 is 0 Å². The Morgan fingerprint density at radius 2 is 1.70 bits per heavy atom. The number of rotatable bonds is 3. The zero-order chi connectivity index (χ0) is 23.3. The van der Waals surface area contributed by atoms with Gasteiger partial charge in [-0.25, -0.2) is 0 Å². The predicted molar refractivity (Wildman–Crippen MR) is 122 cm³/mol. The summed E-state index contributed by atoms with van der Waals surface area (Å²) in [5.74, 6) is 0.269. The van der Waals surface area contributed by atoms with E-state index < -0.39 is 17.7 Å². The molecule has 0 aliphatic carbocycles. The van der Waals surface area contributed by atoms with Crippen LogP contribution in [0.4, 0.5) is 5.69 Å². The minimum absolute atomic E-state index is 0.0361. The van der Waals surface area contributed by atoms with Crippen LogP contribution in [0.2, 0.25) is 0 Å². The number of aliphatic hydroxyl groups excluding tert-OH is 1. The summed E-state index contributed by atoms with van der Waals surface area (Å²) in [7, 11) is 0. The van der Waals surface area contributed by atoms with E-state index in [2.05, 4.69) is 0 Å². The molecule has 2 aliphatic heterocycles. The fraction of sp³-hybridized carbons (Fsp3) is 0.231. The molecule has 3 aromatic rings. The number of ether oxygens (including phenoxy) is 2. The standard InChI is InChI=1S/C26H23NO6/c1-14-4-7-18(15(2)12-14)27-23(20-8-5-16(3)33-20)22(25(29)26(27)30)24(28)17-6-9-19-21(13-17)32-11-10-31-19/h4-9,12-13,23,28H,10-11H2,1-3H3/b24-22-. The van der Waals surface area contributed by atoms with Gasteiger partial charge in [0.1, 0.15) is 36.5 Å². The lowest BCUT2D eigenvalue weighted by atomic mass is 9.98. The number of hydrogen-bond acceptors (Lipinski definition) is 6. The molecule has 1 fully saturated rings. The van der Waals surface area contributed by atoms with Gasteiger partial charge < -0.3 is 19.0 Å². The van der Waals surface area contributed by atoms with Crippen LogP contribution in [0, 0.1) is 20.8 Å². The average molecular weight is 445 g/mol. The van der Waals surface area contributed by atoms with Crippen LogP contribution < -0.4 is 14.4 Å². The van der Waals surface area contributed by atoms with Crippen LogP contribution in [0.3, 0.4) is 0 Å². The van der Waals surface area contributed by atoms with Gasteiger partial charge in [0.15, 0.2) is 11.5 Å². The van der Waals surface area contributed by atoms with E-state index in [1.165, 1.54) is 4.90 Å². The Balaban J connectivity index is 1.70. The van der Waals surface area contributed by atoms with Crippen molar-refractivity contribution < 1.29 is 28.6 Å². The molecule has 168 valence electrons. The summed E-state index contributed by atoms with van der Waals surface area (Å²) in [6.45, 7) is 6.46. The number of benzene rings is 2. The number of aryl methyl sites for hydroxylation is 3. The Labute approximate surface area is 190 Å². The van der Waals surface area contributed by atoms with Crippen molar-refractivity contribution in [2.75, 3.05) is 18.1 Å². The van der Waals surface area contributed by atoms with Crippen molar-refractivity contribution in [1.29, 1.82) is 0 Å². The molecule has 2 aliphatic rings. The summed E-state index contributed by atoms with van der Waals surface area (Å²) < 4.78 is 17.0. The summed E-state index contributed by atoms with van der Waals surface area (Å²) >= 11 is 0. The summed E-state index contributed by atoms with van der Waals surface area (Å²) in [5, 5.41) is 11.3. The first kappa shape index (κ1) is 20.9. The molecule has 1 N–H and O–H groups in total. The number of carbonyl (C=O) groups excluding carboxylic acids is 2. The molecular weight excluding hydrogens is 422 g/mol. The summed E-state index contributed by atoms with van der Waals surface area (Å²) in [6.07, 6.45) is 0. The fourth-order valence-electron chi connectivity index (χ4n) is 4.37. The Morgan fingerprint density at radius 3 is 2.39 bits per heavy atom. The topological polar surface area (TPSA) is 89.2 Å². The molecule has 0 spiro atoms. The molecule has 0 bridgehead atoms. The molecule has 7 heteroatoms. The largest absolute Gasteiger partial charge is 0.507 e. The van der Waals surface area contributed by atoms with Gasteiger partial charge in [0.25, 0.3) is 11.7 Å². The van der Waals surface area contributed by atoms with E-state index in [0.717, 1.165) is 11.1 Å². The number of fused-ring (bicyclic) bond motifs is 1. The van der Waals surface area contributed by atoms with Crippen molar-refractivity contribution in [3.8, 4) is 11.5 Å². The molecule has 1 saturated heterocycles. The predicted octanol–water partition coefficient (Wildman–Crippen LogP) is 4.60. The van der Waals surface area contributed by atoms with Gasteiger partial charge in [-0.15, -0.1) is 0 Å². The second-order valence-electron chi connectivity index (χ2n) is 8.27. The van der Waals surface area contributed by atoms with Crippen LogP contribution in [-0.2, 0) is 9.59 Å². The minimum Gasteiger partial charge on any atom is -0.507 e. The summed E-state index contributed by atoms with van der Waals surface area (Å²) in [5.41, 5.74) is 2.78. The Bertz CT molecular complexity index is 1320. The van der Waals surface area contributed by atoms with E-state index in [9.17, 15) is 14.7 Å².